The van der Waals surface area contributed by atoms with Crippen LogP contribution in [0.1, 0.15) is 39.0 Å². The second kappa shape index (κ2) is 7.23. The largest absolute Gasteiger partial charge is 0.269 e. The third-order valence-corrected chi connectivity index (χ3v) is 4.74. The Morgan fingerprint density at radius 1 is 1.05 bits per heavy atom. The van der Waals surface area contributed by atoms with Crippen molar-refractivity contribution in [2.45, 2.75) is 43.9 Å². The monoisotopic (exact) mass is 285 g/mol. The van der Waals surface area contributed by atoms with Crippen LogP contribution in [0.4, 0.5) is 5.69 Å². The summed E-state index contributed by atoms with van der Waals surface area (Å²) in [5.41, 5.74) is -0.0955. The van der Waals surface area contributed by atoms with Crippen LogP contribution in [0.5, 0.6) is 0 Å². The summed E-state index contributed by atoms with van der Waals surface area (Å²) in [5.74, 6) is 0.106. The molecule has 0 atom stereocenters. The third-order valence-electron chi connectivity index (χ3n) is 2.92. The number of hydrogen-bond acceptors (Lipinski definition) is 4. The van der Waals surface area contributed by atoms with Crippen LogP contribution in [-0.4, -0.2) is 19.1 Å². The van der Waals surface area contributed by atoms with E-state index in [4.69, 9.17) is 0 Å². The number of benzene rings is 1. The first-order valence-electron chi connectivity index (χ1n) is 6.44. The Morgan fingerprint density at radius 2 is 1.63 bits per heavy atom. The van der Waals surface area contributed by atoms with Crippen molar-refractivity contribution < 1.29 is 13.3 Å². The summed E-state index contributed by atoms with van der Waals surface area (Å²) in [7, 11) is -3.31. The Hall–Kier alpha value is -1.43. The van der Waals surface area contributed by atoms with Crippen molar-refractivity contribution in [2.24, 2.45) is 0 Å². The minimum Gasteiger partial charge on any atom is -0.258 e. The van der Waals surface area contributed by atoms with Gasteiger partial charge in [-0.05, 0) is 18.6 Å². The first-order chi connectivity index (χ1) is 8.97. The quantitative estimate of drug-likeness (QED) is 0.417. The standard InChI is InChI=1S/C13H19NO4S/c1-2-3-4-5-6-11-19(17,18)13-9-7-12(8-10-13)14(15)16/h7-10H,2-6,11H2,1H3. The van der Waals surface area contributed by atoms with Gasteiger partial charge in [-0.25, -0.2) is 8.42 Å². The molecular formula is C13H19NO4S. The predicted molar refractivity (Wildman–Crippen MR) is 73.9 cm³/mol. The number of rotatable bonds is 8. The number of nitro benzene ring substituents is 1. The second-order valence-electron chi connectivity index (χ2n) is 4.48. The normalized spacial score (nSPS) is 11.4. The highest BCUT2D eigenvalue weighted by Gasteiger charge is 2.15. The van der Waals surface area contributed by atoms with Crippen LogP contribution in [0.15, 0.2) is 29.2 Å². The molecule has 0 heterocycles. The Balaban J connectivity index is 2.59. The first-order valence-corrected chi connectivity index (χ1v) is 8.10. The van der Waals surface area contributed by atoms with Gasteiger partial charge >= 0.3 is 0 Å². The molecule has 0 saturated carbocycles. The van der Waals surface area contributed by atoms with Crippen LogP contribution >= 0.6 is 0 Å². The van der Waals surface area contributed by atoms with Crippen LogP contribution in [0, 0.1) is 10.1 Å². The fourth-order valence-corrected chi connectivity index (χ4v) is 3.16. The Bertz CT molecular complexity index is 508. The van der Waals surface area contributed by atoms with E-state index in [2.05, 4.69) is 6.92 Å². The van der Waals surface area contributed by atoms with Crippen LogP contribution in [0.2, 0.25) is 0 Å². The van der Waals surface area contributed by atoms with E-state index in [0.29, 0.717) is 6.42 Å². The number of unbranched alkanes of at least 4 members (excludes halogenated alkanes) is 4. The first kappa shape index (κ1) is 15.6. The summed E-state index contributed by atoms with van der Waals surface area (Å²) in [4.78, 5) is 10.1. The van der Waals surface area contributed by atoms with Gasteiger partial charge in [0, 0.05) is 12.1 Å². The van der Waals surface area contributed by atoms with E-state index in [9.17, 15) is 18.5 Å². The minimum absolute atomic E-state index is 0.0955. The molecule has 0 N–H and O–H groups in total. The lowest BCUT2D eigenvalue weighted by Gasteiger charge is -2.04. The number of nitro groups is 1. The highest BCUT2D eigenvalue weighted by Crippen LogP contribution is 2.18. The van der Waals surface area contributed by atoms with Gasteiger partial charge in [0.1, 0.15) is 0 Å². The molecule has 0 aliphatic heterocycles. The van der Waals surface area contributed by atoms with E-state index >= 15 is 0 Å². The summed E-state index contributed by atoms with van der Waals surface area (Å²) in [5, 5.41) is 10.5. The lowest BCUT2D eigenvalue weighted by atomic mass is 10.2. The summed E-state index contributed by atoms with van der Waals surface area (Å²) >= 11 is 0. The molecule has 0 radical (unpaired) electrons. The molecule has 1 aromatic carbocycles. The van der Waals surface area contributed by atoms with Crippen molar-refractivity contribution in [3.8, 4) is 0 Å². The van der Waals surface area contributed by atoms with Gasteiger partial charge in [-0.15, -0.1) is 0 Å². The SMILES string of the molecule is CCCCCCCS(=O)(=O)c1ccc([N+](=O)[O-])cc1. The number of non-ortho nitro benzene ring substituents is 1. The van der Waals surface area contributed by atoms with Gasteiger partial charge in [0.05, 0.1) is 15.6 Å². The predicted octanol–water partition coefficient (Wildman–Crippen LogP) is 3.34. The fraction of sp³-hybridized carbons (Fsp3) is 0.538. The maximum atomic E-state index is 12.0. The Labute approximate surface area is 113 Å². The average molecular weight is 285 g/mol. The van der Waals surface area contributed by atoms with E-state index in [0.717, 1.165) is 25.7 Å². The minimum atomic E-state index is -3.31. The van der Waals surface area contributed by atoms with Crippen LogP contribution < -0.4 is 0 Å². The summed E-state index contributed by atoms with van der Waals surface area (Å²) < 4.78 is 24.0. The zero-order valence-corrected chi connectivity index (χ0v) is 11.9. The topological polar surface area (TPSA) is 77.3 Å². The van der Waals surface area contributed by atoms with Gasteiger partial charge in [0.2, 0.25) is 0 Å². The molecule has 0 saturated heterocycles. The molecule has 0 unspecified atom stereocenters. The number of nitrogens with zero attached hydrogens (tertiary/aromatic N) is 1. The molecule has 5 nitrogen and oxygen atoms in total. The maximum absolute atomic E-state index is 12.0. The maximum Gasteiger partial charge on any atom is 0.269 e. The van der Waals surface area contributed by atoms with E-state index in [-0.39, 0.29) is 16.3 Å². The zero-order valence-electron chi connectivity index (χ0n) is 11.0. The molecule has 0 bridgehead atoms. The second-order valence-corrected chi connectivity index (χ2v) is 6.59. The molecule has 0 fully saturated rings. The van der Waals surface area contributed by atoms with E-state index < -0.39 is 14.8 Å². The molecule has 6 heteroatoms. The van der Waals surface area contributed by atoms with Crippen LogP contribution in [0.3, 0.4) is 0 Å². The van der Waals surface area contributed by atoms with Gasteiger partial charge in [0.25, 0.3) is 5.69 Å². The Kier molecular flexibility index (Phi) is 5.95. The highest BCUT2D eigenvalue weighted by molar-refractivity contribution is 7.91. The van der Waals surface area contributed by atoms with E-state index in [1.165, 1.54) is 24.3 Å². The summed E-state index contributed by atoms with van der Waals surface area (Å²) in [6.45, 7) is 2.10. The van der Waals surface area contributed by atoms with E-state index in [1.807, 2.05) is 0 Å². The molecule has 19 heavy (non-hydrogen) atoms. The van der Waals surface area contributed by atoms with E-state index in [1.54, 1.807) is 0 Å². The van der Waals surface area contributed by atoms with Crippen molar-refractivity contribution in [1.29, 1.82) is 0 Å². The molecule has 0 spiro atoms. The van der Waals surface area contributed by atoms with Gasteiger partial charge in [-0.1, -0.05) is 32.6 Å². The smallest absolute Gasteiger partial charge is 0.258 e. The molecule has 0 aromatic heterocycles. The lowest BCUT2D eigenvalue weighted by molar-refractivity contribution is -0.384. The average Bonchev–Trinajstić information content (AvgIpc) is 2.38. The molecule has 0 aliphatic rings. The van der Waals surface area contributed by atoms with Crippen molar-refractivity contribution in [3.63, 3.8) is 0 Å². The molecule has 1 rings (SSSR count). The lowest BCUT2D eigenvalue weighted by Crippen LogP contribution is -2.06. The zero-order chi connectivity index (χ0) is 14.3. The van der Waals surface area contributed by atoms with Crippen molar-refractivity contribution >= 4 is 15.5 Å². The van der Waals surface area contributed by atoms with Gasteiger partial charge in [-0.2, -0.15) is 0 Å². The molecular weight excluding hydrogens is 266 g/mol. The number of hydrogen-bond donors (Lipinski definition) is 0. The van der Waals surface area contributed by atoms with Gasteiger partial charge < -0.3 is 0 Å². The Morgan fingerprint density at radius 3 is 2.16 bits per heavy atom. The summed E-state index contributed by atoms with van der Waals surface area (Å²) in [6, 6.07) is 5.06. The molecule has 0 amide bonds. The summed E-state index contributed by atoms with van der Waals surface area (Å²) in [6.07, 6.45) is 4.83. The van der Waals surface area contributed by atoms with Crippen LogP contribution in [-0.2, 0) is 9.84 Å². The number of sulfone groups is 1. The van der Waals surface area contributed by atoms with Crippen molar-refractivity contribution in [3.05, 3.63) is 34.4 Å². The van der Waals surface area contributed by atoms with Crippen molar-refractivity contribution in [1.82, 2.24) is 0 Å². The van der Waals surface area contributed by atoms with Crippen LogP contribution in [0.25, 0.3) is 0 Å². The van der Waals surface area contributed by atoms with Gasteiger partial charge in [-0.3, -0.25) is 10.1 Å². The molecule has 0 aliphatic carbocycles. The third kappa shape index (κ3) is 4.98. The highest BCUT2D eigenvalue weighted by atomic mass is 32.2. The molecule has 106 valence electrons. The molecule has 1 aromatic rings. The van der Waals surface area contributed by atoms with Gasteiger partial charge in [0.15, 0.2) is 9.84 Å². The van der Waals surface area contributed by atoms with Crippen molar-refractivity contribution in [2.75, 3.05) is 5.75 Å². The fourth-order valence-electron chi connectivity index (χ4n) is 1.79.